The second-order valence-corrected chi connectivity index (χ2v) is 9.83. The maximum atomic E-state index is 15.8. The van der Waals surface area contributed by atoms with E-state index in [-0.39, 0.29) is 46.7 Å². The van der Waals surface area contributed by atoms with Gasteiger partial charge < -0.3 is 30.1 Å². The van der Waals surface area contributed by atoms with Gasteiger partial charge in [0.05, 0.1) is 44.2 Å². The Balaban J connectivity index is 1.35. The highest BCUT2D eigenvalue weighted by Crippen LogP contribution is 2.34. The van der Waals surface area contributed by atoms with E-state index in [0.717, 1.165) is 29.7 Å². The quantitative estimate of drug-likeness (QED) is 0.358. The lowest BCUT2D eigenvalue weighted by Crippen LogP contribution is -2.46. The van der Waals surface area contributed by atoms with Gasteiger partial charge in [-0.15, -0.1) is 0 Å². The summed E-state index contributed by atoms with van der Waals surface area (Å²) in [6, 6.07) is 4.47. The Hall–Kier alpha value is -4.23. The predicted octanol–water partition coefficient (Wildman–Crippen LogP) is 2.96. The summed E-state index contributed by atoms with van der Waals surface area (Å²) in [6.45, 7) is 1.84. The number of hydrogen-bond donors (Lipinski definition) is 3. The van der Waals surface area contributed by atoms with Gasteiger partial charge in [0.15, 0.2) is 5.82 Å². The fourth-order valence-electron chi connectivity index (χ4n) is 4.90. The molecule has 2 aromatic carbocycles. The average Bonchev–Trinajstić information content (AvgIpc) is 3.60. The predicted molar refractivity (Wildman–Crippen MR) is 140 cm³/mol. The first-order valence-electron chi connectivity index (χ1n) is 12.9. The molecule has 5 rings (SSSR count). The average molecular weight is 572 g/mol. The molecule has 1 saturated heterocycles. The van der Waals surface area contributed by atoms with Crippen molar-refractivity contribution in [3.8, 4) is 17.0 Å². The van der Waals surface area contributed by atoms with Gasteiger partial charge in [0.1, 0.15) is 29.1 Å². The van der Waals surface area contributed by atoms with Crippen LogP contribution >= 0.6 is 0 Å². The van der Waals surface area contributed by atoms with Gasteiger partial charge >= 0.3 is 0 Å². The molecule has 2 aliphatic heterocycles. The van der Waals surface area contributed by atoms with E-state index in [1.165, 1.54) is 32.2 Å². The van der Waals surface area contributed by atoms with Gasteiger partial charge in [-0.1, -0.05) is 6.07 Å². The smallest absolute Gasteiger partial charge is 0.258 e. The first-order valence-corrected chi connectivity index (χ1v) is 12.9. The molecular weight excluding hydrogens is 543 g/mol. The van der Waals surface area contributed by atoms with Gasteiger partial charge in [-0.25, -0.2) is 23.1 Å². The third-order valence-electron chi connectivity index (χ3n) is 7.18. The van der Waals surface area contributed by atoms with Gasteiger partial charge in [-0.05, 0) is 42.7 Å². The topological polar surface area (TPSA) is 126 Å². The van der Waals surface area contributed by atoms with E-state index in [4.69, 9.17) is 9.47 Å². The number of carbonyl (C=O) groups excluding carboxylic acids is 2. The number of fused-ring (bicyclic) bond motifs is 1. The molecule has 1 aromatic heterocycles. The molecule has 2 aliphatic rings. The molecule has 3 aromatic rings. The first kappa shape index (κ1) is 28.3. The number of nitrogens with zero attached hydrogens (tertiary/aromatic N) is 3. The molecule has 13 heteroatoms. The van der Waals surface area contributed by atoms with Gasteiger partial charge in [0, 0.05) is 24.8 Å². The van der Waals surface area contributed by atoms with E-state index in [1.54, 1.807) is 0 Å². The van der Waals surface area contributed by atoms with E-state index >= 15 is 4.39 Å². The number of amides is 2. The number of aliphatic hydroxyl groups is 1. The number of aromatic nitrogens is 2. The summed E-state index contributed by atoms with van der Waals surface area (Å²) < 4.78 is 54.8. The Morgan fingerprint density at radius 3 is 2.78 bits per heavy atom. The standard InChI is InChI=1S/C28H28F3N5O5/c1-14(26(38)34-22(12-37)16-7-17(29)9-19(8-16)40-2)36-11-15-3-4-20(24(31)23(15)27(36)39)25-21(30)10-32-28(35-25)33-18-5-6-41-13-18/h3-4,7-10,14,18,22,37H,5-6,11-13H2,1-2H3,(H,34,38)(H,32,33,35)/t14-,18?,22-/m1/s1. The van der Waals surface area contributed by atoms with Crippen LogP contribution in [0.3, 0.4) is 0 Å². The molecule has 3 N–H and O–H groups in total. The maximum Gasteiger partial charge on any atom is 0.258 e. The van der Waals surface area contributed by atoms with Crippen LogP contribution < -0.4 is 15.4 Å². The number of carbonyl (C=O) groups is 2. The summed E-state index contributed by atoms with van der Waals surface area (Å²) in [7, 11) is 1.36. The van der Waals surface area contributed by atoms with Crippen LogP contribution in [0, 0.1) is 17.5 Å². The molecule has 1 fully saturated rings. The molecular formula is C28H28F3N5O5. The van der Waals surface area contributed by atoms with Gasteiger partial charge in [-0.3, -0.25) is 9.59 Å². The number of aliphatic hydroxyl groups excluding tert-OH is 1. The van der Waals surface area contributed by atoms with Crippen LogP contribution in [0.2, 0.25) is 0 Å². The van der Waals surface area contributed by atoms with Crippen molar-refractivity contribution < 1.29 is 37.3 Å². The molecule has 41 heavy (non-hydrogen) atoms. The monoisotopic (exact) mass is 571 g/mol. The third-order valence-corrected chi connectivity index (χ3v) is 7.18. The highest BCUT2D eigenvalue weighted by atomic mass is 19.1. The summed E-state index contributed by atoms with van der Waals surface area (Å²) in [5, 5.41) is 15.5. The Kier molecular flexibility index (Phi) is 8.08. The van der Waals surface area contributed by atoms with Crippen molar-refractivity contribution in [2.45, 2.75) is 38.0 Å². The van der Waals surface area contributed by atoms with Crippen molar-refractivity contribution in [2.24, 2.45) is 0 Å². The summed E-state index contributed by atoms with van der Waals surface area (Å²) in [4.78, 5) is 35.6. The van der Waals surface area contributed by atoms with Crippen molar-refractivity contribution in [3.63, 3.8) is 0 Å². The Bertz CT molecular complexity index is 1480. The van der Waals surface area contributed by atoms with Crippen LogP contribution in [0.25, 0.3) is 11.3 Å². The van der Waals surface area contributed by atoms with Crippen molar-refractivity contribution in [3.05, 3.63) is 70.7 Å². The molecule has 10 nitrogen and oxygen atoms in total. The number of ether oxygens (including phenoxy) is 2. The second-order valence-electron chi connectivity index (χ2n) is 9.83. The Labute approximate surface area is 233 Å². The van der Waals surface area contributed by atoms with Crippen LogP contribution in [0.4, 0.5) is 19.1 Å². The molecule has 0 saturated carbocycles. The molecule has 216 valence electrons. The minimum absolute atomic E-state index is 0.0608. The molecule has 0 spiro atoms. The third kappa shape index (κ3) is 5.68. The van der Waals surface area contributed by atoms with Crippen molar-refractivity contribution in [2.75, 3.05) is 32.2 Å². The number of nitrogens with one attached hydrogen (secondary N) is 2. The molecule has 0 bridgehead atoms. The van der Waals surface area contributed by atoms with Crippen LogP contribution in [-0.4, -0.2) is 70.8 Å². The highest BCUT2D eigenvalue weighted by molar-refractivity contribution is 6.02. The van der Waals surface area contributed by atoms with Crippen molar-refractivity contribution >= 4 is 17.8 Å². The second kappa shape index (κ2) is 11.7. The Morgan fingerprint density at radius 1 is 1.27 bits per heavy atom. The lowest BCUT2D eigenvalue weighted by molar-refractivity contribution is -0.126. The van der Waals surface area contributed by atoms with Gasteiger partial charge in [-0.2, -0.15) is 0 Å². The zero-order valence-corrected chi connectivity index (χ0v) is 22.3. The van der Waals surface area contributed by atoms with Crippen LogP contribution in [0.1, 0.15) is 40.9 Å². The van der Waals surface area contributed by atoms with Crippen LogP contribution in [0.15, 0.2) is 36.5 Å². The zero-order chi connectivity index (χ0) is 29.3. The minimum atomic E-state index is -1.08. The fourth-order valence-corrected chi connectivity index (χ4v) is 4.90. The largest absolute Gasteiger partial charge is 0.497 e. The lowest BCUT2D eigenvalue weighted by atomic mass is 10.0. The molecule has 3 heterocycles. The van der Waals surface area contributed by atoms with Crippen LogP contribution in [-0.2, 0) is 16.1 Å². The Morgan fingerprint density at radius 2 is 2.07 bits per heavy atom. The fraction of sp³-hybridized carbons (Fsp3) is 0.357. The number of anilines is 1. The number of halogens is 3. The van der Waals surface area contributed by atoms with Crippen molar-refractivity contribution in [1.29, 1.82) is 0 Å². The number of methoxy groups -OCH3 is 1. The zero-order valence-electron chi connectivity index (χ0n) is 22.3. The normalized spacial score (nSPS) is 17.8. The van der Waals surface area contributed by atoms with E-state index in [2.05, 4.69) is 20.6 Å². The van der Waals surface area contributed by atoms with E-state index in [1.807, 2.05) is 0 Å². The SMILES string of the molecule is COc1cc(F)cc([C@@H](CO)NC(=O)[C@@H](C)N2Cc3ccc(-c4nc(NC5CCOC5)ncc4F)c(F)c3C2=O)c1. The highest BCUT2D eigenvalue weighted by Gasteiger charge is 2.38. The van der Waals surface area contributed by atoms with Crippen LogP contribution in [0.5, 0.6) is 5.75 Å². The summed E-state index contributed by atoms with van der Waals surface area (Å²) in [5.74, 6) is -3.55. The first-order chi connectivity index (χ1) is 19.7. The summed E-state index contributed by atoms with van der Waals surface area (Å²) in [6.07, 6.45) is 1.65. The number of hydrogen-bond acceptors (Lipinski definition) is 8. The van der Waals surface area contributed by atoms with E-state index < -0.39 is 48.0 Å². The van der Waals surface area contributed by atoms with E-state index in [0.29, 0.717) is 18.8 Å². The van der Waals surface area contributed by atoms with Gasteiger partial charge in [0.25, 0.3) is 5.91 Å². The number of benzene rings is 2. The summed E-state index contributed by atoms with van der Waals surface area (Å²) in [5.41, 5.74) is -0.234. The molecule has 1 unspecified atom stereocenters. The van der Waals surface area contributed by atoms with Crippen molar-refractivity contribution in [1.82, 2.24) is 20.2 Å². The molecule has 3 atom stereocenters. The van der Waals surface area contributed by atoms with Gasteiger partial charge in [0.2, 0.25) is 11.9 Å². The number of rotatable bonds is 9. The minimum Gasteiger partial charge on any atom is -0.497 e. The lowest BCUT2D eigenvalue weighted by Gasteiger charge is -2.26. The van der Waals surface area contributed by atoms with E-state index in [9.17, 15) is 23.5 Å². The molecule has 2 amide bonds. The molecule has 0 radical (unpaired) electrons. The molecule has 0 aliphatic carbocycles. The summed E-state index contributed by atoms with van der Waals surface area (Å²) >= 11 is 0. The maximum absolute atomic E-state index is 15.8.